The molecule has 3 N–H and O–H groups in total. The van der Waals surface area contributed by atoms with E-state index in [0.717, 1.165) is 0 Å². The quantitative estimate of drug-likeness (QED) is 0.409. The van der Waals surface area contributed by atoms with Crippen LogP contribution >= 0.6 is 0 Å². The molecule has 0 spiro atoms. The highest BCUT2D eigenvalue weighted by atomic mass is 16.6. The van der Waals surface area contributed by atoms with Crippen molar-refractivity contribution in [2.75, 3.05) is 32.1 Å². The van der Waals surface area contributed by atoms with Gasteiger partial charge in [0.1, 0.15) is 5.69 Å². The molecule has 148 valence electrons. The summed E-state index contributed by atoms with van der Waals surface area (Å²) in [5.41, 5.74) is 6.33. The molecule has 0 aliphatic carbocycles. The van der Waals surface area contributed by atoms with Crippen LogP contribution in [0.1, 0.15) is 33.2 Å². The highest BCUT2D eigenvalue weighted by molar-refractivity contribution is 6.15. The van der Waals surface area contributed by atoms with Crippen LogP contribution in [0.5, 0.6) is 0 Å². The number of nitrogens with one attached hydrogen (secondary N) is 1. The van der Waals surface area contributed by atoms with E-state index in [2.05, 4.69) is 5.32 Å². The maximum Gasteiger partial charge on any atom is 0.293 e. The summed E-state index contributed by atoms with van der Waals surface area (Å²) >= 11 is 0. The Hall–Kier alpha value is -3.26. The number of benzene rings is 2. The van der Waals surface area contributed by atoms with Crippen molar-refractivity contribution in [3.63, 3.8) is 0 Å². The summed E-state index contributed by atoms with van der Waals surface area (Å²) < 4.78 is 0. The van der Waals surface area contributed by atoms with Crippen molar-refractivity contribution in [1.29, 1.82) is 0 Å². The fraction of sp³-hybridized carbons (Fsp3) is 0.300. The fourth-order valence-corrected chi connectivity index (χ4v) is 2.67. The lowest BCUT2D eigenvalue weighted by atomic mass is 9.97. The first-order valence-electron chi connectivity index (χ1n) is 8.84. The molecule has 8 nitrogen and oxygen atoms in total. The summed E-state index contributed by atoms with van der Waals surface area (Å²) in [5.74, 6) is -0.734. The zero-order valence-electron chi connectivity index (χ0n) is 16.1. The van der Waals surface area contributed by atoms with Gasteiger partial charge in [-0.1, -0.05) is 25.1 Å². The minimum atomic E-state index is -0.529. The van der Waals surface area contributed by atoms with Gasteiger partial charge in [-0.15, -0.1) is 0 Å². The van der Waals surface area contributed by atoms with Gasteiger partial charge in [0.15, 0.2) is 5.78 Å². The van der Waals surface area contributed by atoms with Crippen molar-refractivity contribution in [2.45, 2.75) is 6.92 Å². The van der Waals surface area contributed by atoms with Crippen LogP contribution in [0.4, 0.5) is 11.4 Å². The van der Waals surface area contributed by atoms with E-state index in [1.54, 1.807) is 37.2 Å². The van der Waals surface area contributed by atoms with Crippen molar-refractivity contribution < 1.29 is 14.5 Å². The lowest BCUT2D eigenvalue weighted by Crippen LogP contribution is -2.32. The van der Waals surface area contributed by atoms with E-state index in [1.165, 1.54) is 24.3 Å². The van der Waals surface area contributed by atoms with Crippen LogP contribution < -0.4 is 16.0 Å². The number of carbonyl (C=O) groups is 2. The van der Waals surface area contributed by atoms with Crippen LogP contribution in [0, 0.1) is 16.0 Å². The second kappa shape index (κ2) is 9.09. The Kier molecular flexibility index (Phi) is 6.84. The summed E-state index contributed by atoms with van der Waals surface area (Å²) in [6.07, 6.45) is 0. The molecule has 0 aromatic heterocycles. The van der Waals surface area contributed by atoms with E-state index in [1.807, 2.05) is 6.92 Å². The molecule has 2 aromatic rings. The molecule has 2 aromatic carbocycles. The number of nitro benzene ring substituents is 1. The van der Waals surface area contributed by atoms with E-state index in [0.29, 0.717) is 18.8 Å². The summed E-state index contributed by atoms with van der Waals surface area (Å²) in [7, 11) is 3.37. The molecule has 1 atom stereocenters. The van der Waals surface area contributed by atoms with Crippen molar-refractivity contribution in [3.05, 3.63) is 69.3 Å². The third-order valence-electron chi connectivity index (χ3n) is 4.35. The molecule has 0 aliphatic heterocycles. The number of rotatable bonds is 8. The number of amides is 1. The van der Waals surface area contributed by atoms with Crippen LogP contribution in [-0.4, -0.2) is 43.8 Å². The van der Waals surface area contributed by atoms with Gasteiger partial charge in [0.25, 0.3) is 11.6 Å². The van der Waals surface area contributed by atoms with Crippen LogP contribution in [0.3, 0.4) is 0 Å². The van der Waals surface area contributed by atoms with E-state index in [-0.39, 0.29) is 34.2 Å². The Labute approximate surface area is 163 Å². The van der Waals surface area contributed by atoms with Crippen LogP contribution in [0.25, 0.3) is 0 Å². The lowest BCUT2D eigenvalue weighted by molar-refractivity contribution is -0.384. The van der Waals surface area contributed by atoms with Gasteiger partial charge in [-0.3, -0.25) is 19.7 Å². The van der Waals surface area contributed by atoms with Crippen molar-refractivity contribution in [1.82, 2.24) is 5.32 Å². The number of nitro groups is 1. The third-order valence-corrected chi connectivity index (χ3v) is 4.35. The molecule has 0 heterocycles. The maximum absolute atomic E-state index is 13.0. The molecule has 0 radical (unpaired) electrons. The number of ketones is 1. The molecule has 0 fully saturated rings. The molecular weight excluding hydrogens is 360 g/mol. The van der Waals surface area contributed by atoms with E-state index >= 15 is 0 Å². The van der Waals surface area contributed by atoms with E-state index < -0.39 is 10.7 Å². The van der Waals surface area contributed by atoms with Crippen LogP contribution in [0.2, 0.25) is 0 Å². The molecule has 2 rings (SSSR count). The first kappa shape index (κ1) is 21.0. The van der Waals surface area contributed by atoms with Gasteiger partial charge in [0.05, 0.1) is 10.5 Å². The molecule has 0 aliphatic rings. The fourth-order valence-electron chi connectivity index (χ4n) is 2.67. The summed E-state index contributed by atoms with van der Waals surface area (Å²) in [6, 6.07) is 10.7. The Balaban J connectivity index is 2.39. The molecule has 0 saturated carbocycles. The van der Waals surface area contributed by atoms with Crippen molar-refractivity contribution in [2.24, 2.45) is 11.7 Å². The SMILES string of the molecule is CC(CN)CNC(=O)c1ccccc1C(=O)c1ccc(N(C)C)c([N+](=O)[O-])c1. The number of anilines is 1. The Morgan fingerprint density at radius 3 is 2.39 bits per heavy atom. The molecule has 0 bridgehead atoms. The smallest absolute Gasteiger partial charge is 0.293 e. The van der Waals surface area contributed by atoms with Crippen molar-refractivity contribution in [3.8, 4) is 0 Å². The highest BCUT2D eigenvalue weighted by Gasteiger charge is 2.22. The average molecular weight is 384 g/mol. The normalized spacial score (nSPS) is 11.6. The zero-order chi connectivity index (χ0) is 20.8. The Morgan fingerprint density at radius 1 is 1.18 bits per heavy atom. The van der Waals surface area contributed by atoms with Gasteiger partial charge >= 0.3 is 0 Å². The van der Waals surface area contributed by atoms with Crippen LogP contribution in [-0.2, 0) is 0 Å². The number of hydrogen-bond donors (Lipinski definition) is 2. The summed E-state index contributed by atoms with van der Waals surface area (Å²) in [4.78, 5) is 38.0. The summed E-state index contributed by atoms with van der Waals surface area (Å²) in [6.45, 7) is 2.73. The first-order valence-corrected chi connectivity index (χ1v) is 8.84. The predicted molar refractivity (Wildman–Crippen MR) is 108 cm³/mol. The Morgan fingerprint density at radius 2 is 1.82 bits per heavy atom. The average Bonchev–Trinajstić information content (AvgIpc) is 2.70. The zero-order valence-corrected chi connectivity index (χ0v) is 16.1. The standard InChI is InChI=1S/C20H24N4O4/c1-13(11-21)12-22-20(26)16-7-5-4-6-15(16)19(25)14-8-9-17(23(2)3)18(10-14)24(27)28/h4-10,13H,11-12,21H2,1-3H3,(H,22,26). The third kappa shape index (κ3) is 4.72. The summed E-state index contributed by atoms with van der Waals surface area (Å²) in [5, 5.41) is 14.1. The second-order valence-electron chi connectivity index (χ2n) is 6.78. The predicted octanol–water partition coefficient (Wildman–Crippen LogP) is 2.22. The number of carbonyl (C=O) groups excluding carboxylic acids is 2. The molecule has 1 unspecified atom stereocenters. The number of nitrogens with two attached hydrogens (primary N) is 1. The van der Waals surface area contributed by atoms with Gasteiger partial charge in [-0.05, 0) is 30.7 Å². The second-order valence-corrected chi connectivity index (χ2v) is 6.78. The molecule has 1 amide bonds. The van der Waals surface area contributed by atoms with Gasteiger partial charge < -0.3 is 16.0 Å². The largest absolute Gasteiger partial charge is 0.372 e. The highest BCUT2D eigenvalue weighted by Crippen LogP contribution is 2.29. The van der Waals surface area contributed by atoms with Gasteiger partial charge in [-0.25, -0.2) is 0 Å². The first-order chi connectivity index (χ1) is 13.3. The minimum Gasteiger partial charge on any atom is -0.372 e. The maximum atomic E-state index is 13.0. The minimum absolute atomic E-state index is 0.105. The molecule has 0 saturated heterocycles. The van der Waals surface area contributed by atoms with Gasteiger partial charge in [-0.2, -0.15) is 0 Å². The monoisotopic (exact) mass is 384 g/mol. The van der Waals surface area contributed by atoms with Gasteiger partial charge in [0, 0.05) is 37.8 Å². The molecule has 28 heavy (non-hydrogen) atoms. The Bertz CT molecular complexity index is 896. The van der Waals surface area contributed by atoms with E-state index in [9.17, 15) is 19.7 Å². The van der Waals surface area contributed by atoms with Gasteiger partial charge in [0.2, 0.25) is 0 Å². The van der Waals surface area contributed by atoms with E-state index in [4.69, 9.17) is 5.73 Å². The number of nitrogens with zero attached hydrogens (tertiary/aromatic N) is 2. The molecular formula is C20H24N4O4. The lowest BCUT2D eigenvalue weighted by Gasteiger charge is -2.14. The topological polar surface area (TPSA) is 119 Å². The molecule has 8 heteroatoms. The number of hydrogen-bond acceptors (Lipinski definition) is 6. The van der Waals surface area contributed by atoms with Crippen molar-refractivity contribution >= 4 is 23.1 Å². The van der Waals surface area contributed by atoms with Crippen LogP contribution in [0.15, 0.2) is 42.5 Å².